The Kier molecular flexibility index (Phi) is 5.87. The molecular weight excluding hydrogens is 318 g/mol. The van der Waals surface area contributed by atoms with E-state index in [2.05, 4.69) is 75.0 Å². The Bertz CT molecular complexity index is 284. The van der Waals surface area contributed by atoms with Crippen LogP contribution >= 0.6 is 31.9 Å². The van der Waals surface area contributed by atoms with Gasteiger partial charge in [0, 0.05) is 22.9 Å². The molecule has 84 valence electrons. The van der Waals surface area contributed by atoms with E-state index in [0.29, 0.717) is 5.92 Å². The molecule has 0 aliphatic heterocycles. The van der Waals surface area contributed by atoms with E-state index in [1.54, 1.807) is 0 Å². The van der Waals surface area contributed by atoms with Crippen molar-refractivity contribution in [1.29, 1.82) is 0 Å². The normalized spacial score (nSPS) is 13.1. The van der Waals surface area contributed by atoms with E-state index in [4.69, 9.17) is 0 Å². The SMILES string of the molecule is CC(CBr)CN(C)Cc1ccc(Br)cc1. The number of benzene rings is 1. The first kappa shape index (κ1) is 13.2. The van der Waals surface area contributed by atoms with Crippen molar-refractivity contribution in [3.63, 3.8) is 0 Å². The lowest BCUT2D eigenvalue weighted by Gasteiger charge is -2.20. The summed E-state index contributed by atoms with van der Waals surface area (Å²) < 4.78 is 1.14. The van der Waals surface area contributed by atoms with Gasteiger partial charge in [0.15, 0.2) is 0 Å². The van der Waals surface area contributed by atoms with E-state index in [1.165, 1.54) is 5.56 Å². The molecule has 0 aliphatic carbocycles. The monoisotopic (exact) mass is 333 g/mol. The van der Waals surface area contributed by atoms with Crippen LogP contribution in [-0.2, 0) is 6.54 Å². The van der Waals surface area contributed by atoms with Crippen LogP contribution in [0.25, 0.3) is 0 Å². The molecule has 1 unspecified atom stereocenters. The zero-order chi connectivity index (χ0) is 11.3. The van der Waals surface area contributed by atoms with Gasteiger partial charge in [0.1, 0.15) is 0 Å². The van der Waals surface area contributed by atoms with Gasteiger partial charge in [0.25, 0.3) is 0 Å². The van der Waals surface area contributed by atoms with Crippen molar-refractivity contribution in [2.45, 2.75) is 13.5 Å². The number of hydrogen-bond acceptors (Lipinski definition) is 1. The third kappa shape index (κ3) is 5.14. The Morgan fingerprint density at radius 1 is 1.27 bits per heavy atom. The van der Waals surface area contributed by atoms with Gasteiger partial charge in [-0.1, -0.05) is 50.9 Å². The van der Waals surface area contributed by atoms with E-state index in [9.17, 15) is 0 Å². The van der Waals surface area contributed by atoms with Crippen molar-refractivity contribution in [3.05, 3.63) is 34.3 Å². The molecule has 3 heteroatoms. The van der Waals surface area contributed by atoms with Crippen molar-refractivity contribution in [3.8, 4) is 0 Å². The fourth-order valence-electron chi connectivity index (χ4n) is 1.55. The zero-order valence-corrected chi connectivity index (χ0v) is 12.4. The molecule has 0 saturated heterocycles. The van der Waals surface area contributed by atoms with Crippen LogP contribution in [0.4, 0.5) is 0 Å². The molecule has 0 aliphatic rings. The first-order valence-electron chi connectivity index (χ1n) is 5.10. The van der Waals surface area contributed by atoms with Gasteiger partial charge in [-0.05, 0) is 30.7 Å². The van der Waals surface area contributed by atoms with Gasteiger partial charge < -0.3 is 4.90 Å². The van der Waals surface area contributed by atoms with Crippen LogP contribution in [0.15, 0.2) is 28.7 Å². The first-order valence-corrected chi connectivity index (χ1v) is 7.02. The molecule has 0 aromatic heterocycles. The Hall–Kier alpha value is 0.140. The average Bonchev–Trinajstić information content (AvgIpc) is 2.21. The fraction of sp³-hybridized carbons (Fsp3) is 0.500. The van der Waals surface area contributed by atoms with Crippen molar-refractivity contribution in [1.82, 2.24) is 4.90 Å². The number of alkyl halides is 1. The number of halogens is 2. The van der Waals surface area contributed by atoms with E-state index >= 15 is 0 Å². The summed E-state index contributed by atoms with van der Waals surface area (Å²) in [5.74, 6) is 0.699. The summed E-state index contributed by atoms with van der Waals surface area (Å²) in [5.41, 5.74) is 1.36. The second-order valence-electron chi connectivity index (χ2n) is 4.08. The molecular formula is C12H17Br2N. The number of nitrogens with zero attached hydrogens (tertiary/aromatic N) is 1. The van der Waals surface area contributed by atoms with E-state index < -0.39 is 0 Å². The Morgan fingerprint density at radius 2 is 1.87 bits per heavy atom. The molecule has 0 bridgehead atoms. The number of hydrogen-bond donors (Lipinski definition) is 0. The molecule has 1 nitrogen and oxygen atoms in total. The Balaban J connectivity index is 2.44. The van der Waals surface area contributed by atoms with Gasteiger partial charge in [-0.25, -0.2) is 0 Å². The van der Waals surface area contributed by atoms with E-state index in [1.807, 2.05) is 0 Å². The summed E-state index contributed by atoms with van der Waals surface area (Å²) in [6.45, 7) is 4.40. The third-order valence-corrected chi connectivity index (χ3v) is 3.89. The van der Waals surface area contributed by atoms with Gasteiger partial charge >= 0.3 is 0 Å². The van der Waals surface area contributed by atoms with Gasteiger partial charge in [-0.2, -0.15) is 0 Å². The van der Waals surface area contributed by atoms with Crippen molar-refractivity contribution in [2.75, 3.05) is 18.9 Å². The van der Waals surface area contributed by atoms with Crippen molar-refractivity contribution in [2.24, 2.45) is 5.92 Å². The highest BCUT2D eigenvalue weighted by atomic mass is 79.9. The maximum atomic E-state index is 3.51. The minimum atomic E-state index is 0.699. The topological polar surface area (TPSA) is 3.24 Å². The maximum Gasteiger partial charge on any atom is 0.0230 e. The lowest BCUT2D eigenvalue weighted by molar-refractivity contribution is 0.291. The van der Waals surface area contributed by atoms with Gasteiger partial charge in [-0.15, -0.1) is 0 Å². The van der Waals surface area contributed by atoms with Crippen LogP contribution < -0.4 is 0 Å². The van der Waals surface area contributed by atoms with Gasteiger partial charge in [0.05, 0.1) is 0 Å². The standard InChI is InChI=1S/C12H17Br2N/c1-10(7-13)8-15(2)9-11-3-5-12(14)6-4-11/h3-6,10H,7-9H2,1-2H3. The van der Waals surface area contributed by atoms with Crippen LogP contribution in [0.2, 0.25) is 0 Å². The van der Waals surface area contributed by atoms with Crippen LogP contribution in [0.1, 0.15) is 12.5 Å². The lowest BCUT2D eigenvalue weighted by Crippen LogP contribution is -2.24. The highest BCUT2D eigenvalue weighted by molar-refractivity contribution is 9.10. The quantitative estimate of drug-likeness (QED) is 0.738. The number of rotatable bonds is 5. The molecule has 15 heavy (non-hydrogen) atoms. The summed E-state index contributed by atoms with van der Waals surface area (Å²) in [7, 11) is 2.17. The first-order chi connectivity index (χ1) is 7.11. The molecule has 0 N–H and O–H groups in total. The highest BCUT2D eigenvalue weighted by Gasteiger charge is 2.05. The van der Waals surface area contributed by atoms with E-state index in [0.717, 1.165) is 22.9 Å². The zero-order valence-electron chi connectivity index (χ0n) is 9.21. The second-order valence-corrected chi connectivity index (χ2v) is 5.65. The minimum Gasteiger partial charge on any atom is -0.302 e. The predicted molar refractivity (Wildman–Crippen MR) is 73.4 cm³/mol. The summed E-state index contributed by atoms with van der Waals surface area (Å²) in [6, 6.07) is 8.52. The third-order valence-electron chi connectivity index (χ3n) is 2.25. The molecule has 0 spiro atoms. The lowest BCUT2D eigenvalue weighted by atomic mass is 10.2. The molecule has 0 heterocycles. The summed E-state index contributed by atoms with van der Waals surface area (Å²) in [6.07, 6.45) is 0. The average molecular weight is 335 g/mol. The van der Waals surface area contributed by atoms with Crippen LogP contribution in [0.3, 0.4) is 0 Å². The van der Waals surface area contributed by atoms with Crippen molar-refractivity contribution < 1.29 is 0 Å². The molecule has 1 atom stereocenters. The Morgan fingerprint density at radius 3 is 2.40 bits per heavy atom. The van der Waals surface area contributed by atoms with E-state index in [-0.39, 0.29) is 0 Å². The van der Waals surface area contributed by atoms with Gasteiger partial charge in [-0.3, -0.25) is 0 Å². The van der Waals surface area contributed by atoms with Gasteiger partial charge in [0.2, 0.25) is 0 Å². The highest BCUT2D eigenvalue weighted by Crippen LogP contribution is 2.12. The molecule has 1 rings (SSSR count). The van der Waals surface area contributed by atoms with Crippen LogP contribution in [0.5, 0.6) is 0 Å². The largest absolute Gasteiger partial charge is 0.302 e. The Labute approximate surface area is 109 Å². The molecule has 0 amide bonds. The fourth-order valence-corrected chi connectivity index (χ4v) is 2.02. The molecule has 0 radical (unpaired) electrons. The van der Waals surface area contributed by atoms with Crippen molar-refractivity contribution >= 4 is 31.9 Å². The smallest absolute Gasteiger partial charge is 0.0230 e. The summed E-state index contributed by atoms with van der Waals surface area (Å²) >= 11 is 6.95. The summed E-state index contributed by atoms with van der Waals surface area (Å²) in [4.78, 5) is 2.36. The van der Waals surface area contributed by atoms with Crippen LogP contribution in [0, 0.1) is 5.92 Å². The molecule has 1 aromatic carbocycles. The predicted octanol–water partition coefficient (Wildman–Crippen LogP) is 3.91. The second kappa shape index (κ2) is 6.66. The maximum absolute atomic E-state index is 3.51. The minimum absolute atomic E-state index is 0.699. The summed E-state index contributed by atoms with van der Waals surface area (Å²) in [5, 5.41) is 1.07. The molecule has 0 fully saturated rings. The molecule has 0 saturated carbocycles. The van der Waals surface area contributed by atoms with Crippen LogP contribution in [-0.4, -0.2) is 23.8 Å². The molecule has 1 aromatic rings.